The molecule has 2 aromatic carbocycles. The van der Waals surface area contributed by atoms with E-state index in [4.69, 9.17) is 21.8 Å². The van der Waals surface area contributed by atoms with Crippen LogP contribution in [0.4, 0.5) is 0 Å². The number of phenols is 2. The highest BCUT2D eigenvalue weighted by Gasteiger charge is 1.93. The molecule has 2 aromatic rings. The number of aromatic hydroxyl groups is 2. The summed E-state index contributed by atoms with van der Waals surface area (Å²) in [6.45, 7) is 11.9. The van der Waals surface area contributed by atoms with E-state index < -0.39 is 0 Å². The van der Waals surface area contributed by atoms with Gasteiger partial charge < -0.3 is 10.2 Å². The summed E-state index contributed by atoms with van der Waals surface area (Å²) in [6.07, 6.45) is 0. The standard InChI is InChI=1S/C7H7ClO.C7H8O.2C2H6/c1-5-2-3-6(9)4-7(5)8;1-6-2-4-7(8)5-3-6;2*1-2/h2-4,9H,1H3;2-5,8H,1H3;2*1-2H3. The van der Waals surface area contributed by atoms with Gasteiger partial charge in [-0.3, -0.25) is 0 Å². The Kier molecular flexibility index (Phi) is 13.7. The zero-order chi connectivity index (χ0) is 16.8. The molecule has 2 N–H and O–H groups in total. The zero-order valence-electron chi connectivity index (χ0n) is 13.8. The van der Waals surface area contributed by atoms with Gasteiger partial charge in [0.25, 0.3) is 0 Å². The van der Waals surface area contributed by atoms with Crippen molar-refractivity contribution in [3.8, 4) is 11.5 Å². The lowest BCUT2D eigenvalue weighted by Crippen LogP contribution is -1.71. The summed E-state index contributed by atoms with van der Waals surface area (Å²) in [5.41, 5.74) is 2.15. The first-order chi connectivity index (χ1) is 9.99. The molecule has 0 saturated heterocycles. The summed E-state index contributed by atoms with van der Waals surface area (Å²) in [6, 6.07) is 12.0. The van der Waals surface area contributed by atoms with Gasteiger partial charge in [-0.25, -0.2) is 0 Å². The van der Waals surface area contributed by atoms with Gasteiger partial charge in [-0.05, 0) is 43.7 Å². The molecule has 0 aliphatic rings. The topological polar surface area (TPSA) is 40.5 Å². The van der Waals surface area contributed by atoms with Crippen LogP contribution in [0.25, 0.3) is 0 Å². The van der Waals surface area contributed by atoms with Crippen molar-refractivity contribution >= 4 is 11.6 Å². The van der Waals surface area contributed by atoms with Gasteiger partial charge in [0.1, 0.15) is 11.5 Å². The van der Waals surface area contributed by atoms with Crippen molar-refractivity contribution in [3.63, 3.8) is 0 Å². The molecule has 0 aliphatic heterocycles. The first-order valence-electron chi connectivity index (χ1n) is 7.20. The highest BCUT2D eigenvalue weighted by Crippen LogP contribution is 2.19. The van der Waals surface area contributed by atoms with Crippen LogP contribution in [0.5, 0.6) is 11.5 Å². The molecule has 0 aromatic heterocycles. The molecule has 0 atom stereocenters. The van der Waals surface area contributed by atoms with Crippen molar-refractivity contribution in [2.45, 2.75) is 41.5 Å². The lowest BCUT2D eigenvalue weighted by Gasteiger charge is -1.95. The van der Waals surface area contributed by atoms with Crippen molar-refractivity contribution in [1.29, 1.82) is 0 Å². The third-order valence-corrected chi connectivity index (χ3v) is 2.60. The lowest BCUT2D eigenvalue weighted by molar-refractivity contribution is 0.474. The molecule has 0 fully saturated rings. The summed E-state index contributed by atoms with van der Waals surface area (Å²) < 4.78 is 0. The molecule has 0 aliphatic carbocycles. The van der Waals surface area contributed by atoms with E-state index in [0.717, 1.165) is 5.56 Å². The van der Waals surface area contributed by atoms with Crippen molar-refractivity contribution in [3.05, 3.63) is 58.6 Å². The molecule has 0 unspecified atom stereocenters. The molecule has 118 valence electrons. The predicted molar refractivity (Wildman–Crippen MR) is 93.4 cm³/mol. The maximum Gasteiger partial charge on any atom is 0.117 e. The third-order valence-electron chi connectivity index (χ3n) is 2.19. The van der Waals surface area contributed by atoms with Gasteiger partial charge in [-0.15, -0.1) is 0 Å². The molecule has 3 heteroatoms. The average molecular weight is 311 g/mol. The van der Waals surface area contributed by atoms with E-state index in [9.17, 15) is 0 Å². The molecule has 0 heterocycles. The van der Waals surface area contributed by atoms with E-state index in [1.807, 2.05) is 53.7 Å². The Morgan fingerprint density at radius 3 is 1.48 bits per heavy atom. The van der Waals surface area contributed by atoms with Crippen molar-refractivity contribution in [1.82, 2.24) is 0 Å². The molecule has 0 spiro atoms. The molecule has 0 bridgehead atoms. The van der Waals surface area contributed by atoms with Gasteiger partial charge in [0.05, 0.1) is 0 Å². The number of phenolic OH excluding ortho intramolecular Hbond substituents is 2. The van der Waals surface area contributed by atoms with Gasteiger partial charge >= 0.3 is 0 Å². The normalized spacial score (nSPS) is 8.14. The highest BCUT2D eigenvalue weighted by molar-refractivity contribution is 6.31. The first kappa shape index (κ1) is 21.6. The van der Waals surface area contributed by atoms with E-state index in [0.29, 0.717) is 10.8 Å². The molecule has 2 rings (SSSR count). The summed E-state index contributed by atoms with van der Waals surface area (Å²) in [4.78, 5) is 0. The number of hydrogen-bond donors (Lipinski definition) is 2. The fourth-order valence-electron chi connectivity index (χ4n) is 1.13. The van der Waals surface area contributed by atoms with Crippen LogP contribution in [0.2, 0.25) is 5.02 Å². The van der Waals surface area contributed by atoms with Crippen LogP contribution in [-0.4, -0.2) is 10.2 Å². The Labute approximate surface area is 134 Å². The van der Waals surface area contributed by atoms with Crippen LogP contribution in [-0.2, 0) is 0 Å². The summed E-state index contributed by atoms with van der Waals surface area (Å²) in [5.74, 6) is 0.543. The molecule has 0 amide bonds. The fraction of sp³-hybridized carbons (Fsp3) is 0.333. The summed E-state index contributed by atoms with van der Waals surface area (Å²) in [5, 5.41) is 18.2. The Bertz CT molecular complexity index is 458. The molecule has 21 heavy (non-hydrogen) atoms. The first-order valence-corrected chi connectivity index (χ1v) is 7.57. The Balaban J connectivity index is 0. The monoisotopic (exact) mass is 310 g/mol. The van der Waals surface area contributed by atoms with Gasteiger partial charge in [0.15, 0.2) is 0 Å². The van der Waals surface area contributed by atoms with Crippen LogP contribution in [0.15, 0.2) is 42.5 Å². The zero-order valence-corrected chi connectivity index (χ0v) is 14.6. The van der Waals surface area contributed by atoms with Crippen LogP contribution >= 0.6 is 11.6 Å². The van der Waals surface area contributed by atoms with Crippen LogP contribution in [0, 0.1) is 13.8 Å². The minimum absolute atomic E-state index is 0.214. The largest absolute Gasteiger partial charge is 0.508 e. The van der Waals surface area contributed by atoms with Gasteiger partial charge in [-0.2, -0.15) is 0 Å². The third kappa shape index (κ3) is 10.7. The maximum absolute atomic E-state index is 8.85. The number of benzene rings is 2. The molecular weight excluding hydrogens is 284 g/mol. The van der Waals surface area contributed by atoms with Crippen molar-refractivity contribution in [2.24, 2.45) is 0 Å². The SMILES string of the molecule is CC.CC.Cc1ccc(O)cc1.Cc1ccc(O)cc1Cl. The average Bonchev–Trinajstić information content (AvgIpc) is 2.51. The molecular formula is C18H27ClO2. The number of hydrogen-bond acceptors (Lipinski definition) is 2. The van der Waals surface area contributed by atoms with Crippen LogP contribution in [0.1, 0.15) is 38.8 Å². The fourth-order valence-corrected chi connectivity index (χ4v) is 1.30. The van der Waals surface area contributed by atoms with E-state index in [1.165, 1.54) is 11.6 Å². The number of aryl methyl sites for hydroxylation is 2. The predicted octanol–water partition coefficient (Wildman–Crippen LogP) is 6.11. The van der Waals surface area contributed by atoms with E-state index in [2.05, 4.69) is 0 Å². The van der Waals surface area contributed by atoms with Gasteiger partial charge in [0, 0.05) is 5.02 Å². The van der Waals surface area contributed by atoms with E-state index >= 15 is 0 Å². The van der Waals surface area contributed by atoms with Crippen molar-refractivity contribution < 1.29 is 10.2 Å². The minimum Gasteiger partial charge on any atom is -0.508 e. The molecule has 0 saturated carbocycles. The minimum atomic E-state index is 0.214. The molecule has 2 nitrogen and oxygen atoms in total. The van der Waals surface area contributed by atoms with E-state index in [1.54, 1.807) is 24.3 Å². The number of rotatable bonds is 0. The summed E-state index contributed by atoms with van der Waals surface area (Å²) >= 11 is 5.65. The van der Waals surface area contributed by atoms with Crippen molar-refractivity contribution in [2.75, 3.05) is 0 Å². The smallest absolute Gasteiger partial charge is 0.117 e. The quantitative estimate of drug-likeness (QED) is 0.616. The Morgan fingerprint density at radius 2 is 1.14 bits per heavy atom. The second-order valence-corrected chi connectivity index (χ2v) is 4.18. The lowest BCUT2D eigenvalue weighted by atomic mass is 10.2. The van der Waals surface area contributed by atoms with E-state index in [-0.39, 0.29) is 5.75 Å². The van der Waals surface area contributed by atoms with Crippen LogP contribution < -0.4 is 0 Å². The van der Waals surface area contributed by atoms with Gasteiger partial charge in [0.2, 0.25) is 0 Å². The Hall–Kier alpha value is -1.67. The Morgan fingerprint density at radius 1 is 0.714 bits per heavy atom. The van der Waals surface area contributed by atoms with Gasteiger partial charge in [-0.1, -0.05) is 63.1 Å². The second-order valence-electron chi connectivity index (χ2n) is 3.77. The maximum atomic E-state index is 8.85. The summed E-state index contributed by atoms with van der Waals surface area (Å²) in [7, 11) is 0. The number of halogens is 1. The molecule has 0 radical (unpaired) electrons. The second kappa shape index (κ2) is 13.3. The van der Waals surface area contributed by atoms with Crippen LogP contribution in [0.3, 0.4) is 0 Å². The highest BCUT2D eigenvalue weighted by atomic mass is 35.5.